The molecule has 1 aliphatic rings. The lowest BCUT2D eigenvalue weighted by atomic mass is 10.1. The lowest BCUT2D eigenvalue weighted by Gasteiger charge is -2.27. The fraction of sp³-hybridized carbons (Fsp3) is 0.368. The van der Waals surface area contributed by atoms with Crippen LogP contribution in [-0.4, -0.2) is 41.0 Å². The summed E-state index contributed by atoms with van der Waals surface area (Å²) in [6.45, 7) is 4.84. The maximum atomic E-state index is 12.4. The Morgan fingerprint density at radius 3 is 2.58 bits per heavy atom. The topological polar surface area (TPSA) is 60.8 Å². The van der Waals surface area contributed by atoms with Gasteiger partial charge in [-0.25, -0.2) is 4.79 Å². The summed E-state index contributed by atoms with van der Waals surface area (Å²) in [6, 6.07) is 9.53. The van der Waals surface area contributed by atoms with Gasteiger partial charge in [0.1, 0.15) is 11.4 Å². The van der Waals surface area contributed by atoms with Gasteiger partial charge in [0.05, 0.1) is 26.0 Å². The highest BCUT2D eigenvalue weighted by Crippen LogP contribution is 2.32. The Balaban J connectivity index is 1.98. The van der Waals surface area contributed by atoms with E-state index in [2.05, 4.69) is 0 Å². The summed E-state index contributed by atoms with van der Waals surface area (Å²) >= 11 is 1.44. The number of esters is 1. The quantitative estimate of drug-likeness (QED) is 0.753. The SMILES string of the molecule is CCOC(=O)c1cc2c(n1Sc1ccc(OC)cc1)CN(C(C)=O)CC2. The van der Waals surface area contributed by atoms with Crippen LogP contribution in [0, 0.1) is 0 Å². The molecule has 0 bridgehead atoms. The van der Waals surface area contributed by atoms with Crippen LogP contribution in [0.15, 0.2) is 35.2 Å². The Morgan fingerprint density at radius 1 is 1.23 bits per heavy atom. The lowest BCUT2D eigenvalue weighted by molar-refractivity contribution is -0.129. The summed E-state index contributed by atoms with van der Waals surface area (Å²) < 4.78 is 12.3. The lowest BCUT2D eigenvalue weighted by Crippen LogP contribution is -2.34. The minimum Gasteiger partial charge on any atom is -0.497 e. The highest BCUT2D eigenvalue weighted by atomic mass is 32.2. The van der Waals surface area contributed by atoms with Crippen LogP contribution in [0.1, 0.15) is 35.6 Å². The van der Waals surface area contributed by atoms with Crippen LogP contribution in [0.4, 0.5) is 0 Å². The molecule has 7 heteroatoms. The van der Waals surface area contributed by atoms with E-state index in [1.54, 1.807) is 25.9 Å². The summed E-state index contributed by atoms with van der Waals surface area (Å²) in [4.78, 5) is 27.0. The largest absolute Gasteiger partial charge is 0.497 e. The van der Waals surface area contributed by atoms with Crippen molar-refractivity contribution in [2.75, 3.05) is 20.3 Å². The molecule has 1 amide bonds. The van der Waals surface area contributed by atoms with E-state index in [1.165, 1.54) is 11.9 Å². The third-order valence-corrected chi connectivity index (χ3v) is 5.41. The van der Waals surface area contributed by atoms with Gasteiger partial charge in [-0.2, -0.15) is 0 Å². The van der Waals surface area contributed by atoms with Crippen LogP contribution in [-0.2, 0) is 22.5 Å². The smallest absolute Gasteiger partial charge is 0.355 e. The predicted octanol–water partition coefficient (Wildman–Crippen LogP) is 3.13. The van der Waals surface area contributed by atoms with E-state index in [4.69, 9.17) is 9.47 Å². The number of amides is 1. The van der Waals surface area contributed by atoms with Crippen LogP contribution < -0.4 is 4.74 Å². The molecule has 2 aromatic rings. The van der Waals surface area contributed by atoms with Crippen LogP contribution in [0.5, 0.6) is 5.75 Å². The summed E-state index contributed by atoms with van der Waals surface area (Å²) in [5, 5.41) is 0. The number of benzene rings is 1. The average molecular weight is 374 g/mol. The second-order valence-electron chi connectivity index (χ2n) is 5.97. The number of aromatic nitrogens is 1. The second kappa shape index (κ2) is 7.86. The van der Waals surface area contributed by atoms with E-state index in [0.717, 1.165) is 28.3 Å². The molecule has 0 spiro atoms. The monoisotopic (exact) mass is 374 g/mol. The van der Waals surface area contributed by atoms with Gasteiger partial charge in [-0.3, -0.25) is 8.77 Å². The van der Waals surface area contributed by atoms with Gasteiger partial charge in [-0.1, -0.05) is 0 Å². The highest BCUT2D eigenvalue weighted by molar-refractivity contribution is 7.98. The summed E-state index contributed by atoms with van der Waals surface area (Å²) in [6.07, 6.45) is 0.734. The highest BCUT2D eigenvalue weighted by Gasteiger charge is 2.27. The van der Waals surface area contributed by atoms with Gasteiger partial charge < -0.3 is 14.4 Å². The van der Waals surface area contributed by atoms with Crippen LogP contribution in [0.3, 0.4) is 0 Å². The van der Waals surface area contributed by atoms with Crippen molar-refractivity contribution >= 4 is 23.8 Å². The summed E-state index contributed by atoms with van der Waals surface area (Å²) in [7, 11) is 1.62. The summed E-state index contributed by atoms with van der Waals surface area (Å²) in [5.74, 6) is 0.463. The number of hydrogen-bond acceptors (Lipinski definition) is 5. The molecule has 0 N–H and O–H groups in total. The number of carbonyl (C=O) groups excluding carboxylic acids is 2. The fourth-order valence-corrected chi connectivity index (χ4v) is 3.92. The van der Waals surface area contributed by atoms with Gasteiger partial charge >= 0.3 is 5.97 Å². The number of hydrogen-bond donors (Lipinski definition) is 0. The number of nitrogens with zero attached hydrogens (tertiary/aromatic N) is 2. The molecule has 0 unspecified atom stereocenters. The van der Waals surface area contributed by atoms with E-state index in [-0.39, 0.29) is 11.9 Å². The minimum absolute atomic E-state index is 0.0375. The standard InChI is InChI=1S/C19H22N2O4S/c1-4-25-19(23)17-11-14-9-10-20(13(2)22)12-18(14)21(17)26-16-7-5-15(24-3)6-8-16/h5-8,11H,4,9-10,12H2,1-3H3. The Bertz CT molecular complexity index is 814. The first-order valence-corrected chi connectivity index (χ1v) is 9.29. The number of carbonyl (C=O) groups is 2. The van der Waals surface area contributed by atoms with Crippen molar-refractivity contribution in [1.82, 2.24) is 8.87 Å². The Hall–Kier alpha value is -2.41. The van der Waals surface area contributed by atoms with Crippen molar-refractivity contribution in [2.24, 2.45) is 0 Å². The van der Waals surface area contributed by atoms with Gasteiger partial charge in [-0.05, 0) is 61.2 Å². The molecule has 6 nitrogen and oxygen atoms in total. The molecule has 1 aromatic heterocycles. The molecule has 3 rings (SSSR count). The van der Waals surface area contributed by atoms with Crippen LogP contribution in [0.25, 0.3) is 0 Å². The van der Waals surface area contributed by atoms with Gasteiger partial charge in [-0.15, -0.1) is 0 Å². The molecule has 1 aliphatic heterocycles. The molecule has 26 heavy (non-hydrogen) atoms. The minimum atomic E-state index is -0.350. The molecular weight excluding hydrogens is 352 g/mol. The third-order valence-electron chi connectivity index (χ3n) is 4.32. The molecular formula is C19H22N2O4S. The molecule has 2 heterocycles. The Morgan fingerprint density at radius 2 is 1.96 bits per heavy atom. The maximum absolute atomic E-state index is 12.4. The number of methoxy groups -OCH3 is 1. The van der Waals surface area contributed by atoms with Crippen molar-refractivity contribution in [3.05, 3.63) is 47.3 Å². The zero-order valence-electron chi connectivity index (χ0n) is 15.2. The van der Waals surface area contributed by atoms with Gasteiger partial charge in [0.25, 0.3) is 0 Å². The van der Waals surface area contributed by atoms with Crippen molar-refractivity contribution < 1.29 is 19.1 Å². The van der Waals surface area contributed by atoms with E-state index in [9.17, 15) is 9.59 Å². The van der Waals surface area contributed by atoms with Crippen LogP contribution in [0.2, 0.25) is 0 Å². The van der Waals surface area contributed by atoms with E-state index in [1.807, 2.05) is 34.3 Å². The molecule has 0 atom stereocenters. The molecule has 0 fully saturated rings. The predicted molar refractivity (Wildman–Crippen MR) is 99.4 cm³/mol. The van der Waals surface area contributed by atoms with Gasteiger partial charge in [0.15, 0.2) is 0 Å². The zero-order chi connectivity index (χ0) is 18.7. The van der Waals surface area contributed by atoms with E-state index < -0.39 is 0 Å². The first kappa shape index (κ1) is 18.4. The van der Waals surface area contributed by atoms with Crippen molar-refractivity contribution in [1.29, 1.82) is 0 Å². The number of rotatable bonds is 5. The number of ether oxygens (including phenoxy) is 2. The second-order valence-corrected chi connectivity index (χ2v) is 6.99. The molecule has 138 valence electrons. The fourth-order valence-electron chi connectivity index (χ4n) is 2.94. The Kier molecular flexibility index (Phi) is 5.56. The van der Waals surface area contributed by atoms with Gasteiger partial charge in [0, 0.05) is 18.4 Å². The van der Waals surface area contributed by atoms with E-state index >= 15 is 0 Å². The third kappa shape index (κ3) is 3.72. The first-order valence-electron chi connectivity index (χ1n) is 8.52. The molecule has 0 radical (unpaired) electrons. The average Bonchev–Trinajstić information content (AvgIpc) is 3.00. The molecule has 1 aromatic carbocycles. The van der Waals surface area contributed by atoms with E-state index in [0.29, 0.717) is 25.4 Å². The molecule has 0 saturated carbocycles. The summed E-state index contributed by atoms with van der Waals surface area (Å²) in [5.41, 5.74) is 2.56. The van der Waals surface area contributed by atoms with Crippen molar-refractivity contribution in [2.45, 2.75) is 31.7 Å². The first-order chi connectivity index (χ1) is 12.5. The normalized spacial score (nSPS) is 13.3. The maximum Gasteiger partial charge on any atom is 0.355 e. The number of fused-ring (bicyclic) bond motifs is 1. The Labute approximate surface area is 157 Å². The van der Waals surface area contributed by atoms with Gasteiger partial charge in [0.2, 0.25) is 5.91 Å². The molecule has 0 saturated heterocycles. The van der Waals surface area contributed by atoms with Crippen molar-refractivity contribution in [3.8, 4) is 5.75 Å². The molecule has 0 aliphatic carbocycles. The zero-order valence-corrected chi connectivity index (χ0v) is 16.0. The van der Waals surface area contributed by atoms with Crippen LogP contribution >= 0.6 is 11.9 Å². The van der Waals surface area contributed by atoms with Crippen molar-refractivity contribution in [3.63, 3.8) is 0 Å².